The smallest absolute Gasteiger partial charge is 0.242 e. The van der Waals surface area contributed by atoms with E-state index in [1.54, 1.807) is 32.0 Å². The van der Waals surface area contributed by atoms with Crippen molar-refractivity contribution in [2.45, 2.75) is 36.6 Å². The van der Waals surface area contributed by atoms with Gasteiger partial charge in [-0.15, -0.1) is 0 Å². The third kappa shape index (κ3) is 3.76. The fraction of sp³-hybridized carbons (Fsp3) is 0.200. The molecule has 0 fully saturated rings. The predicted octanol–water partition coefficient (Wildman–Crippen LogP) is 3.38. The van der Waals surface area contributed by atoms with Crippen molar-refractivity contribution < 1.29 is 16.8 Å². The van der Waals surface area contributed by atoms with Crippen molar-refractivity contribution in [3.05, 3.63) is 83.7 Å². The van der Waals surface area contributed by atoms with Crippen molar-refractivity contribution in [2.75, 3.05) is 0 Å². The molecular formula is C20H22N2O4S2. The summed E-state index contributed by atoms with van der Waals surface area (Å²) < 4.78 is 55.6. The van der Waals surface area contributed by atoms with E-state index in [0.717, 1.165) is 9.54 Å². The van der Waals surface area contributed by atoms with Crippen LogP contribution in [0.4, 0.5) is 0 Å². The lowest BCUT2D eigenvalue weighted by Gasteiger charge is -2.15. The Morgan fingerprint density at radius 1 is 0.857 bits per heavy atom. The molecule has 0 aliphatic heterocycles. The molecule has 0 saturated carbocycles. The summed E-state index contributed by atoms with van der Waals surface area (Å²) in [6.07, 6.45) is 0. The second-order valence-electron chi connectivity index (χ2n) is 6.57. The second-order valence-corrected chi connectivity index (χ2v) is 10.0. The lowest BCUT2D eigenvalue weighted by atomic mass is 10.1. The van der Waals surface area contributed by atoms with Crippen LogP contribution in [0.3, 0.4) is 0 Å². The van der Waals surface area contributed by atoms with Crippen LogP contribution >= 0.6 is 0 Å². The minimum absolute atomic E-state index is 0.0488. The molecule has 0 bridgehead atoms. The van der Waals surface area contributed by atoms with Crippen molar-refractivity contribution in [1.29, 1.82) is 0 Å². The van der Waals surface area contributed by atoms with Crippen LogP contribution in [0.2, 0.25) is 0 Å². The Morgan fingerprint density at radius 2 is 1.39 bits per heavy atom. The molecule has 1 atom stereocenters. The monoisotopic (exact) mass is 418 g/mol. The summed E-state index contributed by atoms with van der Waals surface area (Å²) in [6.45, 7) is 4.81. The molecule has 1 unspecified atom stereocenters. The summed E-state index contributed by atoms with van der Waals surface area (Å²) >= 11 is 0. The second kappa shape index (κ2) is 7.54. The standard InChI is InChI=1S/C20H22N2O4S2/c1-15-14-20(27(23,24)21-16(2)18-10-6-4-7-11-18)17(3)22(15)28(25,26)19-12-8-5-9-13-19/h4-14,16,21H,1-3H3. The van der Waals surface area contributed by atoms with Crippen LogP contribution < -0.4 is 4.72 Å². The van der Waals surface area contributed by atoms with E-state index in [2.05, 4.69) is 4.72 Å². The Balaban J connectivity index is 2.02. The molecule has 1 heterocycles. The highest BCUT2D eigenvalue weighted by Crippen LogP contribution is 2.26. The summed E-state index contributed by atoms with van der Waals surface area (Å²) in [7, 11) is -7.81. The number of sulfonamides is 1. The van der Waals surface area contributed by atoms with Crippen molar-refractivity contribution in [1.82, 2.24) is 8.69 Å². The van der Waals surface area contributed by atoms with Gasteiger partial charge in [-0.2, -0.15) is 0 Å². The fourth-order valence-corrected chi connectivity index (χ4v) is 6.36. The zero-order valence-electron chi connectivity index (χ0n) is 15.8. The van der Waals surface area contributed by atoms with Crippen LogP contribution in [0.1, 0.15) is 29.9 Å². The average Bonchev–Trinajstić information content (AvgIpc) is 2.98. The SMILES string of the molecule is Cc1cc(S(=O)(=O)NC(C)c2ccccc2)c(C)n1S(=O)(=O)c1ccccc1. The van der Waals surface area contributed by atoms with Gasteiger partial charge in [0, 0.05) is 11.7 Å². The predicted molar refractivity (Wildman–Crippen MR) is 108 cm³/mol. The highest BCUT2D eigenvalue weighted by Gasteiger charge is 2.29. The lowest BCUT2D eigenvalue weighted by molar-refractivity contribution is 0.566. The first-order valence-corrected chi connectivity index (χ1v) is 11.6. The van der Waals surface area contributed by atoms with E-state index in [0.29, 0.717) is 5.69 Å². The first kappa shape index (κ1) is 20.3. The van der Waals surface area contributed by atoms with Gasteiger partial charge >= 0.3 is 0 Å². The van der Waals surface area contributed by atoms with E-state index >= 15 is 0 Å². The Morgan fingerprint density at radius 3 is 1.96 bits per heavy atom. The third-order valence-corrected chi connectivity index (χ3v) is 8.09. The van der Waals surface area contributed by atoms with E-state index in [9.17, 15) is 16.8 Å². The van der Waals surface area contributed by atoms with Gasteiger partial charge in [0.25, 0.3) is 10.0 Å². The van der Waals surface area contributed by atoms with E-state index in [1.165, 1.54) is 25.1 Å². The number of aryl methyl sites for hydroxylation is 1. The Bertz CT molecular complexity index is 1180. The first-order valence-electron chi connectivity index (χ1n) is 8.71. The minimum Gasteiger partial charge on any atom is -0.242 e. The van der Waals surface area contributed by atoms with Crippen LogP contribution in [-0.4, -0.2) is 20.8 Å². The van der Waals surface area contributed by atoms with Crippen LogP contribution in [-0.2, 0) is 20.0 Å². The molecule has 0 amide bonds. The maximum atomic E-state index is 13.0. The molecule has 0 radical (unpaired) electrons. The summed E-state index contributed by atoms with van der Waals surface area (Å²) in [5.74, 6) is 0. The van der Waals surface area contributed by atoms with Gasteiger partial charge in [-0.05, 0) is 44.5 Å². The van der Waals surface area contributed by atoms with Gasteiger partial charge in [-0.3, -0.25) is 0 Å². The number of aromatic nitrogens is 1. The number of nitrogens with one attached hydrogen (secondary N) is 1. The van der Waals surface area contributed by atoms with Crippen molar-refractivity contribution in [2.24, 2.45) is 0 Å². The molecule has 1 N–H and O–H groups in total. The van der Waals surface area contributed by atoms with Gasteiger partial charge < -0.3 is 0 Å². The molecule has 6 nitrogen and oxygen atoms in total. The molecule has 0 aliphatic carbocycles. The van der Waals surface area contributed by atoms with E-state index in [1.807, 2.05) is 30.3 Å². The van der Waals surface area contributed by atoms with Crippen LogP contribution in [0.25, 0.3) is 0 Å². The van der Waals surface area contributed by atoms with Crippen molar-refractivity contribution in [3.63, 3.8) is 0 Å². The first-order chi connectivity index (χ1) is 13.1. The van der Waals surface area contributed by atoms with Gasteiger partial charge in [0.05, 0.1) is 10.6 Å². The molecular weight excluding hydrogens is 396 g/mol. The third-order valence-electron chi connectivity index (χ3n) is 4.52. The van der Waals surface area contributed by atoms with Gasteiger partial charge in [0.15, 0.2) is 0 Å². The van der Waals surface area contributed by atoms with Gasteiger partial charge in [-0.25, -0.2) is 25.5 Å². The number of hydrogen-bond acceptors (Lipinski definition) is 4. The molecule has 0 saturated heterocycles. The molecule has 0 aliphatic rings. The number of benzene rings is 2. The Kier molecular flexibility index (Phi) is 5.47. The average molecular weight is 419 g/mol. The van der Waals surface area contributed by atoms with Crippen molar-refractivity contribution >= 4 is 20.0 Å². The Labute approximate surface area is 165 Å². The van der Waals surface area contributed by atoms with Crippen LogP contribution in [0.5, 0.6) is 0 Å². The number of rotatable bonds is 6. The summed E-state index contributed by atoms with van der Waals surface area (Å²) in [5, 5.41) is 0. The summed E-state index contributed by atoms with van der Waals surface area (Å²) in [5.41, 5.74) is 1.29. The van der Waals surface area contributed by atoms with Gasteiger partial charge in [-0.1, -0.05) is 48.5 Å². The number of hydrogen-bond donors (Lipinski definition) is 1. The Hall–Kier alpha value is -2.42. The van der Waals surface area contributed by atoms with Gasteiger partial charge in [0.2, 0.25) is 10.0 Å². The van der Waals surface area contributed by atoms with Crippen molar-refractivity contribution in [3.8, 4) is 0 Å². The molecule has 3 aromatic rings. The molecule has 8 heteroatoms. The fourth-order valence-electron chi connectivity index (χ4n) is 3.16. The topological polar surface area (TPSA) is 85.2 Å². The minimum atomic E-state index is -3.92. The van der Waals surface area contributed by atoms with Crippen LogP contribution in [0.15, 0.2) is 76.5 Å². The summed E-state index contributed by atoms with van der Waals surface area (Å²) in [6, 6.07) is 18.0. The largest absolute Gasteiger partial charge is 0.268 e. The van der Waals surface area contributed by atoms with E-state index in [4.69, 9.17) is 0 Å². The normalized spacial score (nSPS) is 13.4. The molecule has 0 spiro atoms. The van der Waals surface area contributed by atoms with Gasteiger partial charge in [0.1, 0.15) is 4.90 Å². The molecule has 28 heavy (non-hydrogen) atoms. The number of nitrogens with zero attached hydrogens (tertiary/aromatic N) is 1. The molecule has 2 aromatic carbocycles. The lowest BCUT2D eigenvalue weighted by Crippen LogP contribution is -2.27. The highest BCUT2D eigenvalue weighted by molar-refractivity contribution is 7.90. The zero-order chi connectivity index (χ0) is 20.5. The van der Waals surface area contributed by atoms with E-state index < -0.39 is 26.1 Å². The molecule has 1 aromatic heterocycles. The summed E-state index contributed by atoms with van der Waals surface area (Å²) in [4.78, 5) is 0.0543. The van der Waals surface area contributed by atoms with E-state index in [-0.39, 0.29) is 15.5 Å². The molecule has 3 rings (SSSR count). The highest BCUT2D eigenvalue weighted by atomic mass is 32.2. The maximum Gasteiger partial charge on any atom is 0.268 e. The van der Waals surface area contributed by atoms with Crippen LogP contribution in [0, 0.1) is 13.8 Å². The molecule has 148 valence electrons. The zero-order valence-corrected chi connectivity index (χ0v) is 17.5. The maximum absolute atomic E-state index is 13.0. The quantitative estimate of drug-likeness (QED) is 0.665.